The number of benzene rings is 2. The number of alkyl halides is 2. The predicted molar refractivity (Wildman–Crippen MR) is 138 cm³/mol. The topological polar surface area (TPSA) is 106 Å². The number of carbonyl (C=O) groups is 1. The van der Waals surface area contributed by atoms with Gasteiger partial charge in [-0.05, 0) is 29.7 Å². The van der Waals surface area contributed by atoms with Crippen molar-refractivity contribution < 1.29 is 22.0 Å². The maximum atomic E-state index is 13.6. The molecule has 9 nitrogen and oxygen atoms in total. The van der Waals surface area contributed by atoms with Gasteiger partial charge in [0.1, 0.15) is 6.67 Å². The van der Waals surface area contributed by atoms with Gasteiger partial charge in [-0.15, -0.1) is 0 Å². The molecule has 0 aromatic heterocycles. The lowest BCUT2D eigenvalue weighted by Gasteiger charge is -2.34. The van der Waals surface area contributed by atoms with Crippen molar-refractivity contribution in [1.29, 1.82) is 0 Å². The number of halogens is 3. The summed E-state index contributed by atoms with van der Waals surface area (Å²) in [6, 6.07) is 17.0. The highest BCUT2D eigenvalue weighted by Crippen LogP contribution is 2.31. The van der Waals surface area contributed by atoms with Crippen LogP contribution in [0.1, 0.15) is 36.3 Å². The molecule has 198 valence electrons. The van der Waals surface area contributed by atoms with Crippen LogP contribution < -0.4 is 10.0 Å². The fourth-order valence-electron chi connectivity index (χ4n) is 4.24. The average molecular weight is 553 g/mol. The van der Waals surface area contributed by atoms with E-state index in [4.69, 9.17) is 16.7 Å². The van der Waals surface area contributed by atoms with Crippen molar-refractivity contribution in [3.05, 3.63) is 70.7 Å². The van der Waals surface area contributed by atoms with Crippen LogP contribution in [-0.2, 0) is 15.0 Å². The third-order valence-electron chi connectivity index (χ3n) is 6.19. The number of aliphatic imine (C=N–C) groups is 1. The van der Waals surface area contributed by atoms with Crippen LogP contribution in [0.3, 0.4) is 0 Å². The predicted octanol–water partition coefficient (Wildman–Crippen LogP) is 3.16. The molecular weight excluding hydrogens is 526 g/mol. The molecule has 2 aliphatic heterocycles. The zero-order chi connectivity index (χ0) is 26.5. The van der Waals surface area contributed by atoms with E-state index >= 15 is 0 Å². The number of nitrogens with zero attached hydrogens (tertiary/aromatic N) is 4. The number of hydrogen-bond donors (Lipinski definition) is 2. The second-order valence-electron chi connectivity index (χ2n) is 8.69. The Balaban J connectivity index is 1.66. The SMILES string of the molecule is O=CNC/N=C(/NS(=O)(=O)N1CCC(F)(F)CC1)N1CCC(c2ccccc2)C(c2ccc(Cl)cc2)=N1. The van der Waals surface area contributed by atoms with Crippen molar-refractivity contribution in [2.24, 2.45) is 10.1 Å². The standard InChI is InChI=1S/C24H27ClF2N6O3S/c25-20-8-6-19(7-9-20)22-21(18-4-2-1-3-5-18)10-13-33(30-22)23(29-16-28-17-34)31-37(35,36)32-14-11-24(26,27)12-15-32/h1-9,17,21H,10-16H2,(H,28,34)(H,29,31). The summed E-state index contributed by atoms with van der Waals surface area (Å²) in [7, 11) is -4.20. The summed E-state index contributed by atoms with van der Waals surface area (Å²) in [6.07, 6.45) is -0.0987. The molecule has 2 N–H and O–H groups in total. The summed E-state index contributed by atoms with van der Waals surface area (Å²) in [5, 5.41) is 9.13. The lowest BCUT2D eigenvalue weighted by Crippen LogP contribution is -2.53. The maximum absolute atomic E-state index is 13.6. The first kappa shape index (κ1) is 27.0. The van der Waals surface area contributed by atoms with Crippen LogP contribution in [0.4, 0.5) is 8.78 Å². The highest BCUT2D eigenvalue weighted by Gasteiger charge is 2.39. The molecule has 13 heteroatoms. The minimum Gasteiger partial charge on any atom is -0.339 e. The van der Waals surface area contributed by atoms with Crippen molar-refractivity contribution in [2.45, 2.75) is 31.1 Å². The number of hydrazone groups is 1. The summed E-state index contributed by atoms with van der Waals surface area (Å²) >= 11 is 6.09. The lowest BCUT2D eigenvalue weighted by molar-refractivity contribution is -0.109. The average Bonchev–Trinajstić information content (AvgIpc) is 2.88. The fourth-order valence-corrected chi connectivity index (χ4v) is 5.56. The number of guanidine groups is 1. The van der Waals surface area contributed by atoms with E-state index in [1.807, 2.05) is 42.5 Å². The molecule has 1 saturated heterocycles. The van der Waals surface area contributed by atoms with E-state index in [-0.39, 0.29) is 31.6 Å². The molecule has 2 aliphatic rings. The zero-order valence-corrected chi connectivity index (χ0v) is 21.4. The molecule has 0 spiro atoms. The number of nitrogens with one attached hydrogen (secondary N) is 2. The van der Waals surface area contributed by atoms with Gasteiger partial charge in [-0.3, -0.25) is 4.79 Å². The summed E-state index contributed by atoms with van der Waals surface area (Å²) < 4.78 is 56.7. The molecule has 0 aliphatic carbocycles. The molecule has 37 heavy (non-hydrogen) atoms. The van der Waals surface area contributed by atoms with Crippen LogP contribution in [0, 0.1) is 0 Å². The molecule has 2 aromatic rings. The Morgan fingerprint density at radius 1 is 1.11 bits per heavy atom. The van der Waals surface area contributed by atoms with E-state index in [9.17, 15) is 22.0 Å². The minimum atomic E-state index is -4.20. The van der Waals surface area contributed by atoms with E-state index in [1.54, 1.807) is 12.1 Å². The molecule has 2 aromatic carbocycles. The Morgan fingerprint density at radius 2 is 1.78 bits per heavy atom. The molecule has 1 atom stereocenters. The van der Waals surface area contributed by atoms with E-state index in [0.717, 1.165) is 15.4 Å². The van der Waals surface area contributed by atoms with Gasteiger partial charge in [-0.1, -0.05) is 54.1 Å². The van der Waals surface area contributed by atoms with Crippen molar-refractivity contribution in [2.75, 3.05) is 26.3 Å². The van der Waals surface area contributed by atoms with Crippen LogP contribution in [0.15, 0.2) is 64.7 Å². The molecule has 0 radical (unpaired) electrons. The number of amides is 1. The van der Waals surface area contributed by atoms with Gasteiger partial charge in [0, 0.05) is 43.4 Å². The largest absolute Gasteiger partial charge is 0.339 e. The van der Waals surface area contributed by atoms with Crippen LogP contribution >= 0.6 is 11.6 Å². The number of carbonyl (C=O) groups excluding carboxylic acids is 1. The summed E-state index contributed by atoms with van der Waals surface area (Å²) in [6.45, 7) is -0.532. The molecule has 4 rings (SSSR count). The highest BCUT2D eigenvalue weighted by molar-refractivity contribution is 7.87. The van der Waals surface area contributed by atoms with Crippen molar-refractivity contribution >= 4 is 39.9 Å². The molecule has 0 bridgehead atoms. The minimum absolute atomic E-state index is 0.0751. The van der Waals surface area contributed by atoms with Gasteiger partial charge >= 0.3 is 10.2 Å². The summed E-state index contributed by atoms with van der Waals surface area (Å²) in [5.41, 5.74) is 2.53. The Morgan fingerprint density at radius 3 is 2.43 bits per heavy atom. The van der Waals surface area contributed by atoms with Gasteiger partial charge < -0.3 is 5.32 Å². The molecule has 1 amide bonds. The fraction of sp³-hybridized carbons (Fsp3) is 0.375. The quantitative estimate of drug-likeness (QED) is 0.238. The monoisotopic (exact) mass is 552 g/mol. The third-order valence-corrected chi connectivity index (χ3v) is 7.93. The smallest absolute Gasteiger partial charge is 0.303 e. The van der Waals surface area contributed by atoms with Gasteiger partial charge in [0.25, 0.3) is 5.92 Å². The first-order valence-corrected chi connectivity index (χ1v) is 13.5. The zero-order valence-electron chi connectivity index (χ0n) is 19.9. The second kappa shape index (κ2) is 11.5. The third kappa shape index (κ3) is 6.82. The Kier molecular flexibility index (Phi) is 8.40. The number of piperidine rings is 1. The van der Waals surface area contributed by atoms with E-state index in [2.05, 4.69) is 15.0 Å². The van der Waals surface area contributed by atoms with Gasteiger partial charge in [0.2, 0.25) is 12.4 Å². The van der Waals surface area contributed by atoms with Gasteiger partial charge in [-0.2, -0.15) is 17.8 Å². The molecule has 1 unspecified atom stereocenters. The highest BCUT2D eigenvalue weighted by atomic mass is 35.5. The van der Waals surface area contributed by atoms with Crippen molar-refractivity contribution in [3.63, 3.8) is 0 Å². The van der Waals surface area contributed by atoms with Gasteiger partial charge in [0.15, 0.2) is 0 Å². The van der Waals surface area contributed by atoms with E-state index in [1.165, 1.54) is 5.01 Å². The van der Waals surface area contributed by atoms with Crippen LogP contribution in [0.25, 0.3) is 0 Å². The van der Waals surface area contributed by atoms with Gasteiger partial charge in [0.05, 0.1) is 5.71 Å². The number of hydrogen-bond acceptors (Lipinski definition) is 5. The Labute approximate surface area is 219 Å². The normalized spacial score (nSPS) is 20.7. The van der Waals surface area contributed by atoms with Crippen molar-refractivity contribution in [1.82, 2.24) is 19.4 Å². The Hall–Kier alpha value is -3.09. The summed E-state index contributed by atoms with van der Waals surface area (Å²) in [4.78, 5) is 15.0. The first-order chi connectivity index (χ1) is 17.7. The van der Waals surface area contributed by atoms with E-state index < -0.39 is 29.0 Å². The molecule has 2 heterocycles. The first-order valence-electron chi connectivity index (χ1n) is 11.7. The molecule has 1 fully saturated rings. The van der Waals surface area contributed by atoms with Crippen LogP contribution in [0.5, 0.6) is 0 Å². The maximum Gasteiger partial charge on any atom is 0.303 e. The summed E-state index contributed by atoms with van der Waals surface area (Å²) in [5.74, 6) is -3.09. The lowest BCUT2D eigenvalue weighted by atomic mass is 9.86. The van der Waals surface area contributed by atoms with Crippen LogP contribution in [-0.4, -0.2) is 68.0 Å². The van der Waals surface area contributed by atoms with Crippen molar-refractivity contribution in [3.8, 4) is 0 Å². The molecule has 0 saturated carbocycles. The van der Waals surface area contributed by atoms with Crippen LogP contribution in [0.2, 0.25) is 5.02 Å². The van der Waals surface area contributed by atoms with Gasteiger partial charge in [-0.25, -0.2) is 23.5 Å². The van der Waals surface area contributed by atoms with E-state index in [0.29, 0.717) is 30.1 Å². The number of rotatable bonds is 7. The molecular formula is C24H27ClF2N6O3S. The Bertz CT molecular complexity index is 1250. The second-order valence-corrected chi connectivity index (χ2v) is 10.8.